The number of hydrogen-bond acceptors (Lipinski definition) is 6. The van der Waals surface area contributed by atoms with Crippen LogP contribution in [0.4, 0.5) is 18.9 Å². The van der Waals surface area contributed by atoms with E-state index in [2.05, 4.69) is 5.32 Å². The summed E-state index contributed by atoms with van der Waals surface area (Å²) in [5.41, 5.74) is 4.83. The smallest absolute Gasteiger partial charge is 0.357 e. The van der Waals surface area contributed by atoms with Gasteiger partial charge in [0.15, 0.2) is 13.3 Å². The van der Waals surface area contributed by atoms with Crippen LogP contribution in [-0.2, 0) is 24.8 Å². The molecule has 6 rings (SSSR count). The second-order valence-electron chi connectivity index (χ2n) is 13.4. The van der Waals surface area contributed by atoms with E-state index in [0.29, 0.717) is 48.8 Å². The van der Waals surface area contributed by atoms with Gasteiger partial charge in [0.1, 0.15) is 18.4 Å². The first-order valence-corrected chi connectivity index (χ1v) is 16.2. The Morgan fingerprint density at radius 1 is 1.04 bits per heavy atom. The summed E-state index contributed by atoms with van der Waals surface area (Å²) >= 11 is 0. The molecule has 2 aliphatic carbocycles. The van der Waals surface area contributed by atoms with Crippen molar-refractivity contribution in [1.29, 1.82) is 0 Å². The standard InChI is InChI=1S/C33H43F3N4O5/c1-44-24-9-6-19(7-10-24)25-12-13-39(31(42)21-4-2-20(3-5-21)26(37)16-34)29(25)30(41)38-23-8-11-27-22(14-23)15-28-32(43)45-33(17-35,18-36)40(27)28/h8,11,14-15,19-21,24-26,29H,2-7,9-10,12-13,16-18,37H2,1H3,(H,38,41)/t19-,20-,21-,24-,25-,26+,29-/m0/s1. The summed E-state index contributed by atoms with van der Waals surface area (Å²) in [6.45, 7) is -2.50. The normalized spacial score (nSPS) is 30.2. The van der Waals surface area contributed by atoms with Gasteiger partial charge in [0.25, 0.3) is 0 Å². The fraction of sp³-hybridized carbons (Fsp3) is 0.667. The Morgan fingerprint density at radius 2 is 1.76 bits per heavy atom. The molecule has 2 aromatic rings. The number of fused-ring (bicyclic) bond motifs is 3. The third kappa shape index (κ3) is 5.73. The molecule has 12 heteroatoms. The molecule has 246 valence electrons. The number of esters is 1. The van der Waals surface area contributed by atoms with Crippen molar-refractivity contribution in [3.05, 3.63) is 30.0 Å². The Hall–Kier alpha value is -3.12. The van der Waals surface area contributed by atoms with Crippen molar-refractivity contribution in [3.8, 4) is 0 Å². The third-order valence-corrected chi connectivity index (χ3v) is 10.9. The maximum atomic E-state index is 14.1. The Bertz CT molecular complexity index is 1410. The number of alkyl halides is 3. The van der Waals surface area contributed by atoms with Gasteiger partial charge in [-0.1, -0.05) is 0 Å². The van der Waals surface area contributed by atoms with E-state index in [1.165, 1.54) is 10.6 Å². The largest absolute Gasteiger partial charge is 0.428 e. The second-order valence-corrected chi connectivity index (χ2v) is 13.4. The van der Waals surface area contributed by atoms with Gasteiger partial charge in [-0.25, -0.2) is 18.0 Å². The van der Waals surface area contributed by atoms with E-state index in [1.54, 1.807) is 30.2 Å². The highest BCUT2D eigenvalue weighted by Gasteiger charge is 2.49. The highest BCUT2D eigenvalue weighted by Crippen LogP contribution is 2.42. The lowest BCUT2D eigenvalue weighted by molar-refractivity contribution is -0.142. The van der Waals surface area contributed by atoms with Gasteiger partial charge < -0.3 is 25.4 Å². The van der Waals surface area contributed by atoms with Gasteiger partial charge in [-0.05, 0) is 99.8 Å². The molecule has 4 aliphatic rings. The van der Waals surface area contributed by atoms with E-state index in [0.717, 1.165) is 32.1 Å². The number of ether oxygens (including phenoxy) is 2. The van der Waals surface area contributed by atoms with Crippen molar-refractivity contribution in [1.82, 2.24) is 9.47 Å². The summed E-state index contributed by atoms with van der Waals surface area (Å²) in [5, 5.41) is 3.55. The van der Waals surface area contributed by atoms with Crippen LogP contribution in [0, 0.1) is 23.7 Å². The number of rotatable bonds is 9. The zero-order valence-electron chi connectivity index (χ0n) is 25.7. The summed E-state index contributed by atoms with van der Waals surface area (Å²) in [6.07, 6.45) is 7.25. The number of likely N-dealkylation sites (tertiary alicyclic amines) is 1. The lowest BCUT2D eigenvalue weighted by Gasteiger charge is -2.37. The first-order valence-electron chi connectivity index (χ1n) is 16.2. The lowest BCUT2D eigenvalue weighted by Crippen LogP contribution is -2.50. The molecule has 3 heterocycles. The third-order valence-electron chi connectivity index (χ3n) is 10.9. The number of carbonyl (C=O) groups excluding carboxylic acids is 3. The van der Waals surface area contributed by atoms with Crippen LogP contribution in [0.1, 0.15) is 68.3 Å². The molecular weight excluding hydrogens is 589 g/mol. The summed E-state index contributed by atoms with van der Waals surface area (Å²) in [5.74, 6) is -0.998. The molecule has 3 N–H and O–H groups in total. The zero-order valence-corrected chi connectivity index (χ0v) is 25.7. The van der Waals surface area contributed by atoms with Crippen molar-refractivity contribution in [2.75, 3.05) is 39.0 Å². The van der Waals surface area contributed by atoms with Crippen LogP contribution in [-0.4, -0.2) is 79.1 Å². The molecule has 1 saturated heterocycles. The van der Waals surface area contributed by atoms with Crippen LogP contribution >= 0.6 is 0 Å². The van der Waals surface area contributed by atoms with Crippen LogP contribution < -0.4 is 11.1 Å². The highest BCUT2D eigenvalue weighted by molar-refractivity contribution is 6.02. The van der Waals surface area contributed by atoms with E-state index in [4.69, 9.17) is 15.2 Å². The predicted octanol–water partition coefficient (Wildman–Crippen LogP) is 4.87. The number of nitrogens with one attached hydrogen (secondary N) is 1. The van der Waals surface area contributed by atoms with E-state index >= 15 is 0 Å². The average Bonchev–Trinajstić information content (AvgIpc) is 3.76. The van der Waals surface area contributed by atoms with Gasteiger partial charge in [-0.2, -0.15) is 0 Å². The highest BCUT2D eigenvalue weighted by atomic mass is 19.1. The fourth-order valence-corrected chi connectivity index (χ4v) is 8.38. The minimum Gasteiger partial charge on any atom is -0.428 e. The number of nitrogens with two attached hydrogens (primary N) is 1. The number of nitrogens with zero attached hydrogens (tertiary/aromatic N) is 2. The van der Waals surface area contributed by atoms with Gasteiger partial charge in [0.05, 0.1) is 11.6 Å². The van der Waals surface area contributed by atoms with E-state index < -0.39 is 43.8 Å². The number of amides is 2. The molecule has 3 fully saturated rings. The number of aromatic nitrogens is 1. The molecule has 0 spiro atoms. The quantitative estimate of drug-likeness (QED) is 0.382. The van der Waals surface area contributed by atoms with Gasteiger partial charge >= 0.3 is 5.97 Å². The van der Waals surface area contributed by atoms with Gasteiger partial charge in [-0.15, -0.1) is 0 Å². The Labute approximate surface area is 260 Å². The summed E-state index contributed by atoms with van der Waals surface area (Å²) in [4.78, 5) is 42.3. The number of methoxy groups -OCH3 is 1. The molecule has 2 aliphatic heterocycles. The summed E-state index contributed by atoms with van der Waals surface area (Å²) in [6, 6.07) is 5.26. The molecule has 0 radical (unpaired) electrons. The average molecular weight is 633 g/mol. The predicted molar refractivity (Wildman–Crippen MR) is 162 cm³/mol. The van der Waals surface area contributed by atoms with Gasteiger partial charge in [0, 0.05) is 36.7 Å². The minimum absolute atomic E-state index is 0.00503. The fourth-order valence-electron chi connectivity index (χ4n) is 8.38. The van der Waals surface area contributed by atoms with Crippen LogP contribution in [0.15, 0.2) is 24.3 Å². The molecule has 2 amide bonds. The monoisotopic (exact) mass is 632 g/mol. The molecule has 1 aromatic heterocycles. The Kier molecular flexibility index (Phi) is 9.16. The molecular formula is C33H43F3N4O5. The Morgan fingerprint density at radius 3 is 2.40 bits per heavy atom. The van der Waals surface area contributed by atoms with E-state index in [9.17, 15) is 27.6 Å². The molecule has 9 nitrogen and oxygen atoms in total. The van der Waals surface area contributed by atoms with Crippen molar-refractivity contribution in [2.24, 2.45) is 29.4 Å². The molecule has 0 bridgehead atoms. The SMILES string of the molecule is CO[C@H]1CC[C@H]([C@@H]2CCN(C(=O)[C@H]3CC[C@H]([C@H](N)CF)CC3)[C@@H]2C(=O)Nc2ccc3c(c2)cc2n3C(CF)(CF)OC2=O)CC1. The van der Waals surface area contributed by atoms with Gasteiger partial charge in [-0.3, -0.25) is 14.2 Å². The second kappa shape index (κ2) is 12.9. The van der Waals surface area contributed by atoms with E-state index in [-0.39, 0.29) is 47.3 Å². The van der Waals surface area contributed by atoms with E-state index in [1.807, 2.05) is 0 Å². The summed E-state index contributed by atoms with van der Waals surface area (Å²) < 4.78 is 52.9. The number of hydrogen-bond donors (Lipinski definition) is 2. The maximum absolute atomic E-state index is 14.1. The zero-order chi connectivity index (χ0) is 31.9. The van der Waals surface area contributed by atoms with Crippen LogP contribution in [0.3, 0.4) is 0 Å². The molecule has 0 unspecified atom stereocenters. The number of benzene rings is 1. The van der Waals surface area contributed by atoms with Crippen LogP contribution in [0.5, 0.6) is 0 Å². The lowest BCUT2D eigenvalue weighted by atomic mass is 9.75. The van der Waals surface area contributed by atoms with Crippen LogP contribution in [0.25, 0.3) is 10.9 Å². The number of halogens is 3. The summed E-state index contributed by atoms with van der Waals surface area (Å²) in [7, 11) is 1.72. The van der Waals surface area contributed by atoms with Crippen molar-refractivity contribution in [3.63, 3.8) is 0 Å². The molecule has 3 atom stereocenters. The van der Waals surface area contributed by atoms with Crippen molar-refractivity contribution >= 4 is 34.4 Å². The minimum atomic E-state index is -2.03. The maximum Gasteiger partial charge on any atom is 0.357 e. The van der Waals surface area contributed by atoms with Gasteiger partial charge in [0.2, 0.25) is 17.5 Å². The molecule has 1 aromatic carbocycles. The number of carbonyl (C=O) groups is 3. The van der Waals surface area contributed by atoms with Crippen LogP contribution in [0.2, 0.25) is 0 Å². The number of cyclic esters (lactones) is 1. The van der Waals surface area contributed by atoms with Crippen molar-refractivity contribution in [2.45, 2.75) is 81.7 Å². The Balaban J connectivity index is 1.23. The first kappa shape index (κ1) is 31.8. The van der Waals surface area contributed by atoms with Crippen molar-refractivity contribution < 1.29 is 37.0 Å². The topological polar surface area (TPSA) is 116 Å². The first-order chi connectivity index (χ1) is 21.7. The number of anilines is 1. The molecule has 45 heavy (non-hydrogen) atoms. The molecule has 2 saturated carbocycles.